The Hall–Kier alpha value is -3.44. The van der Waals surface area contributed by atoms with Gasteiger partial charge in [0.2, 0.25) is 0 Å². The lowest BCUT2D eigenvalue weighted by Crippen LogP contribution is -2.44. The van der Waals surface area contributed by atoms with E-state index in [0.29, 0.717) is 37.2 Å². The van der Waals surface area contributed by atoms with Gasteiger partial charge in [0.05, 0.1) is 12.2 Å². The monoisotopic (exact) mass is 415 g/mol. The van der Waals surface area contributed by atoms with Crippen molar-refractivity contribution >= 4 is 17.3 Å². The molecule has 31 heavy (non-hydrogen) atoms. The fourth-order valence-electron chi connectivity index (χ4n) is 3.82. The molecule has 0 amide bonds. The van der Waals surface area contributed by atoms with E-state index in [1.165, 1.54) is 0 Å². The Kier molecular flexibility index (Phi) is 6.43. The maximum absolute atomic E-state index is 13.0. The Balaban J connectivity index is 1.56. The van der Waals surface area contributed by atoms with Crippen LogP contribution in [0.2, 0.25) is 0 Å². The summed E-state index contributed by atoms with van der Waals surface area (Å²) in [4.78, 5) is 27.1. The van der Waals surface area contributed by atoms with E-state index < -0.39 is 12.7 Å². The van der Waals surface area contributed by atoms with Crippen LogP contribution in [0.3, 0.4) is 0 Å². The summed E-state index contributed by atoms with van der Waals surface area (Å²) in [6.45, 7) is 0.516. The zero-order chi connectivity index (χ0) is 21.6. The maximum atomic E-state index is 13.0. The van der Waals surface area contributed by atoms with Crippen molar-refractivity contribution in [3.63, 3.8) is 0 Å². The number of ketones is 2. The van der Waals surface area contributed by atoms with Gasteiger partial charge in [0.25, 0.3) is 0 Å². The van der Waals surface area contributed by atoms with E-state index in [0.717, 1.165) is 16.8 Å². The SMILES string of the molecule is O=C(CO)c1ccc2c(c1)OC(C(=O)CCc1ccccc1)CN2Cc1ccccc1. The Bertz CT molecular complexity index is 1050. The summed E-state index contributed by atoms with van der Waals surface area (Å²) >= 11 is 0. The normalized spacial score (nSPS) is 15.1. The molecular formula is C26H25NO4. The molecular weight excluding hydrogens is 390 g/mol. The van der Waals surface area contributed by atoms with Crippen LogP contribution in [0.5, 0.6) is 5.75 Å². The van der Waals surface area contributed by atoms with Crippen molar-refractivity contribution in [3.05, 3.63) is 95.6 Å². The number of aryl methyl sites for hydroxylation is 1. The lowest BCUT2D eigenvalue weighted by molar-refractivity contribution is -0.125. The number of benzene rings is 3. The van der Waals surface area contributed by atoms with Gasteiger partial charge in [-0.15, -0.1) is 0 Å². The third kappa shape index (κ3) is 5.01. The predicted octanol–water partition coefficient (Wildman–Crippen LogP) is 3.83. The average molecular weight is 415 g/mol. The average Bonchev–Trinajstić information content (AvgIpc) is 2.82. The first-order valence-electron chi connectivity index (χ1n) is 10.4. The lowest BCUT2D eigenvalue weighted by atomic mass is 10.0. The quantitative estimate of drug-likeness (QED) is 0.567. The number of carbonyl (C=O) groups is 2. The minimum Gasteiger partial charge on any atom is -0.479 e. The Morgan fingerprint density at radius 1 is 0.935 bits per heavy atom. The summed E-state index contributed by atoms with van der Waals surface area (Å²) < 4.78 is 6.06. The van der Waals surface area contributed by atoms with Crippen molar-refractivity contribution in [1.82, 2.24) is 0 Å². The predicted molar refractivity (Wildman–Crippen MR) is 120 cm³/mol. The van der Waals surface area contributed by atoms with Crippen LogP contribution < -0.4 is 9.64 Å². The number of carbonyl (C=O) groups excluding carboxylic acids is 2. The molecule has 1 atom stereocenters. The van der Waals surface area contributed by atoms with Crippen LogP contribution in [0.4, 0.5) is 5.69 Å². The molecule has 0 spiro atoms. The zero-order valence-corrected chi connectivity index (χ0v) is 17.2. The van der Waals surface area contributed by atoms with Crippen LogP contribution in [0.25, 0.3) is 0 Å². The van der Waals surface area contributed by atoms with Gasteiger partial charge in [-0.1, -0.05) is 60.7 Å². The summed E-state index contributed by atoms with van der Waals surface area (Å²) in [6, 6.07) is 25.1. The van der Waals surface area contributed by atoms with E-state index >= 15 is 0 Å². The molecule has 0 aliphatic carbocycles. The highest BCUT2D eigenvalue weighted by molar-refractivity contribution is 5.98. The minimum absolute atomic E-state index is 0.0338. The van der Waals surface area contributed by atoms with E-state index in [1.807, 2.05) is 66.7 Å². The number of hydrogen-bond donors (Lipinski definition) is 1. The second-order valence-electron chi connectivity index (χ2n) is 7.69. The molecule has 0 aromatic heterocycles. The van der Waals surface area contributed by atoms with Crippen molar-refractivity contribution < 1.29 is 19.4 Å². The van der Waals surface area contributed by atoms with Crippen molar-refractivity contribution in [2.75, 3.05) is 18.1 Å². The summed E-state index contributed by atoms with van der Waals surface area (Å²) in [5, 5.41) is 9.20. The first-order valence-corrected chi connectivity index (χ1v) is 10.4. The molecule has 0 saturated carbocycles. The smallest absolute Gasteiger partial charge is 0.188 e. The van der Waals surface area contributed by atoms with Crippen molar-refractivity contribution in [3.8, 4) is 5.75 Å². The van der Waals surface area contributed by atoms with Gasteiger partial charge in [-0.05, 0) is 35.7 Å². The molecule has 158 valence electrons. The third-order valence-corrected chi connectivity index (χ3v) is 5.50. The number of anilines is 1. The Morgan fingerprint density at radius 2 is 1.61 bits per heavy atom. The summed E-state index contributed by atoms with van der Waals surface area (Å²) in [5.41, 5.74) is 3.45. The molecule has 5 heteroatoms. The fourth-order valence-corrected chi connectivity index (χ4v) is 3.82. The number of nitrogens with zero attached hydrogens (tertiary/aromatic N) is 1. The molecule has 1 unspecified atom stereocenters. The number of hydrogen-bond acceptors (Lipinski definition) is 5. The number of aliphatic hydroxyl groups excluding tert-OH is 1. The summed E-state index contributed by atoms with van der Waals surface area (Å²) in [5.74, 6) is 0.157. The van der Waals surface area contributed by atoms with Crippen LogP contribution in [0.15, 0.2) is 78.9 Å². The number of Topliss-reactive ketones (excluding diaryl/α,β-unsaturated/α-hetero) is 2. The van der Waals surface area contributed by atoms with E-state index in [4.69, 9.17) is 4.74 Å². The van der Waals surface area contributed by atoms with Gasteiger partial charge in [0.1, 0.15) is 12.4 Å². The molecule has 3 aromatic carbocycles. The highest BCUT2D eigenvalue weighted by Crippen LogP contribution is 2.36. The van der Waals surface area contributed by atoms with Crippen molar-refractivity contribution in [2.24, 2.45) is 0 Å². The molecule has 0 bridgehead atoms. The molecule has 1 aliphatic heterocycles. The largest absolute Gasteiger partial charge is 0.479 e. The second-order valence-corrected chi connectivity index (χ2v) is 7.69. The Morgan fingerprint density at radius 3 is 2.29 bits per heavy atom. The molecule has 0 fully saturated rings. The van der Waals surface area contributed by atoms with Gasteiger partial charge in [0.15, 0.2) is 17.7 Å². The summed E-state index contributed by atoms with van der Waals surface area (Å²) in [6.07, 6.45) is 0.437. The topological polar surface area (TPSA) is 66.8 Å². The summed E-state index contributed by atoms with van der Waals surface area (Å²) in [7, 11) is 0. The van der Waals surface area contributed by atoms with Crippen LogP contribution in [0.1, 0.15) is 27.9 Å². The maximum Gasteiger partial charge on any atom is 0.188 e. The van der Waals surface area contributed by atoms with Crippen molar-refractivity contribution in [1.29, 1.82) is 0 Å². The third-order valence-electron chi connectivity index (χ3n) is 5.50. The molecule has 0 radical (unpaired) electrons. The van der Waals surface area contributed by atoms with Gasteiger partial charge in [-0.2, -0.15) is 0 Å². The first kappa shape index (κ1) is 20.8. The van der Waals surface area contributed by atoms with Gasteiger partial charge in [0, 0.05) is 18.5 Å². The highest BCUT2D eigenvalue weighted by Gasteiger charge is 2.31. The molecule has 1 heterocycles. The molecule has 1 N–H and O–H groups in total. The van der Waals surface area contributed by atoms with Gasteiger partial charge in [-0.25, -0.2) is 0 Å². The molecule has 3 aromatic rings. The van der Waals surface area contributed by atoms with Crippen LogP contribution >= 0.6 is 0 Å². The number of aliphatic hydroxyl groups is 1. The number of fused-ring (bicyclic) bond motifs is 1. The van der Waals surface area contributed by atoms with E-state index in [2.05, 4.69) is 4.90 Å². The first-order chi connectivity index (χ1) is 15.1. The van der Waals surface area contributed by atoms with E-state index in [1.54, 1.807) is 12.1 Å². The molecule has 1 aliphatic rings. The highest BCUT2D eigenvalue weighted by atomic mass is 16.5. The standard InChI is InChI=1S/C26H25NO4/c28-18-24(30)21-12-13-22-25(15-21)31-26(17-27(22)16-20-9-5-2-6-10-20)23(29)14-11-19-7-3-1-4-8-19/h1-10,12-13,15,26,28H,11,14,16-18H2. The van der Waals surface area contributed by atoms with Crippen molar-refractivity contribution in [2.45, 2.75) is 25.5 Å². The lowest BCUT2D eigenvalue weighted by Gasteiger charge is -2.36. The van der Waals surface area contributed by atoms with Crippen LogP contribution in [-0.4, -0.2) is 35.9 Å². The second kappa shape index (κ2) is 9.58. The number of rotatable bonds is 8. The van der Waals surface area contributed by atoms with Crippen LogP contribution in [0, 0.1) is 0 Å². The molecule has 5 nitrogen and oxygen atoms in total. The van der Waals surface area contributed by atoms with Gasteiger partial charge < -0.3 is 14.7 Å². The molecule has 0 saturated heterocycles. The van der Waals surface area contributed by atoms with Crippen LogP contribution in [-0.2, 0) is 17.8 Å². The van der Waals surface area contributed by atoms with E-state index in [-0.39, 0.29) is 11.6 Å². The number of ether oxygens (including phenoxy) is 1. The van der Waals surface area contributed by atoms with Gasteiger partial charge >= 0.3 is 0 Å². The zero-order valence-electron chi connectivity index (χ0n) is 17.2. The van der Waals surface area contributed by atoms with E-state index in [9.17, 15) is 14.7 Å². The van der Waals surface area contributed by atoms with Gasteiger partial charge in [-0.3, -0.25) is 9.59 Å². The minimum atomic E-state index is -0.612. The fraction of sp³-hybridized carbons (Fsp3) is 0.231. The Labute approximate surface area is 181 Å². The molecule has 4 rings (SSSR count).